The van der Waals surface area contributed by atoms with Crippen LogP contribution < -0.4 is 4.72 Å². The molecular formula is C18H19N3O3S. The van der Waals surface area contributed by atoms with Gasteiger partial charge in [-0.25, -0.2) is 8.42 Å². The fourth-order valence-electron chi connectivity index (χ4n) is 2.69. The SMILES string of the molecule is Cc1cc(C)cc(NS(=O)(=O)c2cc(-c3noc(C)n3)ccc2C)c1. The van der Waals surface area contributed by atoms with E-state index in [0.717, 1.165) is 11.1 Å². The third-order valence-corrected chi connectivity index (χ3v) is 5.26. The van der Waals surface area contributed by atoms with Crippen LogP contribution in [0.5, 0.6) is 0 Å². The van der Waals surface area contributed by atoms with Crippen molar-refractivity contribution in [3.63, 3.8) is 0 Å². The number of aromatic nitrogens is 2. The number of benzene rings is 2. The highest BCUT2D eigenvalue weighted by molar-refractivity contribution is 7.92. The lowest BCUT2D eigenvalue weighted by molar-refractivity contribution is 0.394. The van der Waals surface area contributed by atoms with E-state index < -0.39 is 10.0 Å². The smallest absolute Gasteiger partial charge is 0.262 e. The molecule has 1 N–H and O–H groups in total. The first kappa shape index (κ1) is 17.2. The summed E-state index contributed by atoms with van der Waals surface area (Å²) >= 11 is 0. The van der Waals surface area contributed by atoms with Gasteiger partial charge >= 0.3 is 0 Å². The van der Waals surface area contributed by atoms with Crippen molar-refractivity contribution in [2.45, 2.75) is 32.6 Å². The highest BCUT2D eigenvalue weighted by Crippen LogP contribution is 2.25. The molecule has 3 aromatic rings. The fraction of sp³-hybridized carbons (Fsp3) is 0.222. The Labute approximate surface area is 147 Å². The molecule has 130 valence electrons. The zero-order chi connectivity index (χ0) is 18.2. The average Bonchev–Trinajstić information content (AvgIpc) is 2.92. The zero-order valence-electron chi connectivity index (χ0n) is 14.5. The molecule has 0 aliphatic carbocycles. The number of hydrogen-bond acceptors (Lipinski definition) is 5. The molecule has 1 aromatic heterocycles. The molecule has 0 amide bonds. The van der Waals surface area contributed by atoms with E-state index in [4.69, 9.17) is 4.52 Å². The van der Waals surface area contributed by atoms with E-state index in [-0.39, 0.29) is 4.90 Å². The van der Waals surface area contributed by atoms with Crippen molar-refractivity contribution in [1.82, 2.24) is 10.1 Å². The summed E-state index contributed by atoms with van der Waals surface area (Å²) < 4.78 is 33.3. The van der Waals surface area contributed by atoms with E-state index in [1.165, 1.54) is 0 Å². The lowest BCUT2D eigenvalue weighted by Crippen LogP contribution is -2.14. The number of aryl methyl sites for hydroxylation is 4. The Kier molecular flexibility index (Phi) is 4.34. The zero-order valence-corrected chi connectivity index (χ0v) is 15.3. The molecule has 0 radical (unpaired) electrons. The molecule has 0 spiro atoms. The lowest BCUT2D eigenvalue weighted by Gasteiger charge is -2.12. The molecule has 2 aromatic carbocycles. The number of rotatable bonds is 4. The van der Waals surface area contributed by atoms with Crippen molar-refractivity contribution in [1.29, 1.82) is 0 Å². The van der Waals surface area contributed by atoms with Crippen molar-refractivity contribution in [3.8, 4) is 11.4 Å². The van der Waals surface area contributed by atoms with E-state index in [1.807, 2.05) is 19.9 Å². The summed E-state index contributed by atoms with van der Waals surface area (Å²) in [4.78, 5) is 4.33. The van der Waals surface area contributed by atoms with Gasteiger partial charge in [0.25, 0.3) is 10.0 Å². The first-order valence-corrected chi connectivity index (χ1v) is 9.25. The summed E-state index contributed by atoms with van der Waals surface area (Å²) in [7, 11) is -3.74. The molecular weight excluding hydrogens is 338 g/mol. The number of anilines is 1. The molecule has 0 fully saturated rings. The summed E-state index contributed by atoms with van der Waals surface area (Å²) in [6, 6.07) is 10.7. The second-order valence-electron chi connectivity index (χ2n) is 6.10. The van der Waals surface area contributed by atoms with E-state index in [2.05, 4.69) is 14.9 Å². The quantitative estimate of drug-likeness (QED) is 0.768. The molecule has 0 saturated carbocycles. The Morgan fingerprint density at radius 2 is 1.64 bits per heavy atom. The Hall–Kier alpha value is -2.67. The second kappa shape index (κ2) is 6.33. The predicted octanol–water partition coefficient (Wildman–Crippen LogP) is 3.77. The monoisotopic (exact) mass is 357 g/mol. The van der Waals surface area contributed by atoms with Gasteiger partial charge in [0.15, 0.2) is 0 Å². The average molecular weight is 357 g/mol. The highest BCUT2D eigenvalue weighted by atomic mass is 32.2. The maximum Gasteiger partial charge on any atom is 0.262 e. The molecule has 3 rings (SSSR count). The van der Waals surface area contributed by atoms with Crippen LogP contribution in [0.1, 0.15) is 22.6 Å². The van der Waals surface area contributed by atoms with Crippen LogP contribution in [0.2, 0.25) is 0 Å². The van der Waals surface area contributed by atoms with Gasteiger partial charge in [0.2, 0.25) is 11.7 Å². The van der Waals surface area contributed by atoms with Crippen molar-refractivity contribution in [3.05, 3.63) is 59.0 Å². The van der Waals surface area contributed by atoms with Crippen LogP contribution in [0.3, 0.4) is 0 Å². The Morgan fingerprint density at radius 1 is 0.960 bits per heavy atom. The minimum Gasteiger partial charge on any atom is -0.339 e. The molecule has 0 saturated heterocycles. The van der Waals surface area contributed by atoms with Crippen LogP contribution in [0.4, 0.5) is 5.69 Å². The van der Waals surface area contributed by atoms with Gasteiger partial charge in [-0.3, -0.25) is 4.72 Å². The van der Waals surface area contributed by atoms with Crippen molar-refractivity contribution in [2.24, 2.45) is 0 Å². The number of nitrogens with one attached hydrogen (secondary N) is 1. The Balaban J connectivity index is 2.01. The Morgan fingerprint density at radius 3 is 2.24 bits per heavy atom. The normalized spacial score (nSPS) is 11.5. The van der Waals surface area contributed by atoms with Gasteiger partial charge in [0.1, 0.15) is 0 Å². The number of hydrogen-bond donors (Lipinski definition) is 1. The molecule has 6 nitrogen and oxygen atoms in total. The van der Waals surface area contributed by atoms with E-state index in [0.29, 0.717) is 28.5 Å². The van der Waals surface area contributed by atoms with E-state index in [1.54, 1.807) is 44.2 Å². The largest absolute Gasteiger partial charge is 0.339 e. The maximum atomic E-state index is 12.9. The number of nitrogens with zero attached hydrogens (tertiary/aromatic N) is 2. The third-order valence-electron chi connectivity index (χ3n) is 3.74. The topological polar surface area (TPSA) is 85.1 Å². The molecule has 0 aliphatic rings. The van der Waals surface area contributed by atoms with Crippen molar-refractivity contribution >= 4 is 15.7 Å². The van der Waals surface area contributed by atoms with Gasteiger partial charge < -0.3 is 4.52 Å². The first-order valence-electron chi connectivity index (χ1n) is 7.77. The van der Waals surface area contributed by atoms with Crippen LogP contribution in [-0.4, -0.2) is 18.6 Å². The van der Waals surface area contributed by atoms with Crippen LogP contribution in [-0.2, 0) is 10.0 Å². The summed E-state index contributed by atoms with van der Waals surface area (Å²) in [6.45, 7) is 7.29. The summed E-state index contributed by atoms with van der Waals surface area (Å²) in [5, 5.41) is 3.84. The van der Waals surface area contributed by atoms with Crippen LogP contribution in [0.15, 0.2) is 45.8 Å². The van der Waals surface area contributed by atoms with Gasteiger partial charge in [0, 0.05) is 18.2 Å². The number of sulfonamides is 1. The Bertz CT molecular complexity index is 1020. The van der Waals surface area contributed by atoms with Gasteiger partial charge in [-0.05, 0) is 55.7 Å². The van der Waals surface area contributed by atoms with Gasteiger partial charge in [-0.1, -0.05) is 23.4 Å². The summed E-state index contributed by atoms with van der Waals surface area (Å²) in [6.07, 6.45) is 0. The van der Waals surface area contributed by atoms with Gasteiger partial charge in [-0.2, -0.15) is 4.98 Å². The van der Waals surface area contributed by atoms with E-state index in [9.17, 15) is 8.42 Å². The minimum absolute atomic E-state index is 0.187. The maximum absolute atomic E-state index is 12.9. The third kappa shape index (κ3) is 3.71. The fourth-order valence-corrected chi connectivity index (χ4v) is 4.00. The molecule has 0 unspecified atom stereocenters. The van der Waals surface area contributed by atoms with E-state index >= 15 is 0 Å². The van der Waals surface area contributed by atoms with Crippen LogP contribution >= 0.6 is 0 Å². The highest BCUT2D eigenvalue weighted by Gasteiger charge is 2.19. The molecule has 25 heavy (non-hydrogen) atoms. The second-order valence-corrected chi connectivity index (χ2v) is 7.75. The van der Waals surface area contributed by atoms with Crippen molar-refractivity contribution < 1.29 is 12.9 Å². The molecule has 1 heterocycles. The summed E-state index contributed by atoms with van der Waals surface area (Å²) in [5.74, 6) is 0.786. The molecule has 0 bridgehead atoms. The van der Waals surface area contributed by atoms with Gasteiger partial charge in [0.05, 0.1) is 4.90 Å². The standard InChI is InChI=1S/C18H19N3O3S/c1-11-7-12(2)9-16(8-11)21-25(22,23)17-10-15(6-5-13(17)3)18-19-14(4)24-20-18/h5-10,21H,1-4H3. The first-order chi connectivity index (χ1) is 11.7. The molecule has 0 aliphatic heterocycles. The summed E-state index contributed by atoms with van der Waals surface area (Å²) in [5.41, 5.74) is 3.75. The van der Waals surface area contributed by atoms with Crippen molar-refractivity contribution in [2.75, 3.05) is 4.72 Å². The van der Waals surface area contributed by atoms with Crippen LogP contribution in [0.25, 0.3) is 11.4 Å². The minimum atomic E-state index is -3.74. The molecule has 0 atom stereocenters. The van der Waals surface area contributed by atoms with Gasteiger partial charge in [-0.15, -0.1) is 0 Å². The lowest BCUT2D eigenvalue weighted by atomic mass is 10.1. The predicted molar refractivity (Wildman–Crippen MR) is 95.9 cm³/mol. The molecule has 7 heteroatoms. The van der Waals surface area contributed by atoms with Crippen LogP contribution in [0, 0.1) is 27.7 Å².